The van der Waals surface area contributed by atoms with E-state index in [2.05, 4.69) is 29.4 Å². The number of nitrogens with zero attached hydrogens (tertiary/aromatic N) is 1. The van der Waals surface area contributed by atoms with E-state index in [1.165, 1.54) is 37.8 Å². The zero-order valence-electron chi connectivity index (χ0n) is 12.2. The van der Waals surface area contributed by atoms with Crippen molar-refractivity contribution in [3.05, 3.63) is 24.3 Å². The van der Waals surface area contributed by atoms with Gasteiger partial charge in [-0.3, -0.25) is 0 Å². The van der Waals surface area contributed by atoms with Crippen molar-refractivity contribution in [2.75, 3.05) is 32.1 Å². The Balaban J connectivity index is 1.66. The number of ether oxygens (including phenoxy) is 1. The Kier molecular flexibility index (Phi) is 5.52. The lowest BCUT2D eigenvalue weighted by molar-refractivity contribution is 0.415. The molecule has 1 aromatic carbocycles. The van der Waals surface area contributed by atoms with Gasteiger partial charge in [-0.15, -0.1) is 0 Å². The molecule has 0 radical (unpaired) electrons. The highest BCUT2D eigenvalue weighted by Gasteiger charge is 2.13. The van der Waals surface area contributed by atoms with Gasteiger partial charge in [0.15, 0.2) is 0 Å². The van der Waals surface area contributed by atoms with E-state index < -0.39 is 0 Å². The van der Waals surface area contributed by atoms with Crippen molar-refractivity contribution < 1.29 is 4.74 Å². The maximum atomic E-state index is 5.18. The van der Waals surface area contributed by atoms with E-state index in [9.17, 15) is 0 Å². The highest BCUT2D eigenvalue weighted by atomic mass is 16.5. The third-order valence-electron chi connectivity index (χ3n) is 3.97. The van der Waals surface area contributed by atoms with Crippen molar-refractivity contribution in [1.29, 1.82) is 0 Å². The summed E-state index contributed by atoms with van der Waals surface area (Å²) in [6.45, 7) is 2.22. The monoisotopic (exact) mass is 262 g/mol. The molecule has 3 heteroatoms. The Hall–Kier alpha value is -1.22. The average molecular weight is 262 g/mol. The van der Waals surface area contributed by atoms with Gasteiger partial charge in [0.1, 0.15) is 5.75 Å². The van der Waals surface area contributed by atoms with Crippen molar-refractivity contribution in [3.8, 4) is 5.75 Å². The van der Waals surface area contributed by atoms with E-state index in [1.807, 2.05) is 12.1 Å². The summed E-state index contributed by atoms with van der Waals surface area (Å²) in [5.74, 6) is 0.917. The van der Waals surface area contributed by atoms with Gasteiger partial charge in [-0.2, -0.15) is 0 Å². The van der Waals surface area contributed by atoms with Crippen LogP contribution in [0.25, 0.3) is 0 Å². The lowest BCUT2D eigenvalue weighted by Crippen LogP contribution is -2.29. The molecule has 0 bridgehead atoms. The zero-order valence-corrected chi connectivity index (χ0v) is 12.2. The van der Waals surface area contributed by atoms with Crippen molar-refractivity contribution >= 4 is 5.69 Å². The summed E-state index contributed by atoms with van der Waals surface area (Å²) in [5, 5.41) is 3.66. The van der Waals surface area contributed by atoms with Crippen LogP contribution in [0.15, 0.2) is 24.3 Å². The van der Waals surface area contributed by atoms with Gasteiger partial charge >= 0.3 is 0 Å². The van der Waals surface area contributed by atoms with E-state index in [-0.39, 0.29) is 0 Å². The van der Waals surface area contributed by atoms with Crippen LogP contribution in [0.4, 0.5) is 5.69 Å². The lowest BCUT2D eigenvalue weighted by atomic mass is 10.2. The molecule has 1 aromatic rings. The summed E-state index contributed by atoms with van der Waals surface area (Å²) in [4.78, 5) is 2.30. The fourth-order valence-electron chi connectivity index (χ4n) is 2.72. The summed E-state index contributed by atoms with van der Waals surface area (Å²) in [7, 11) is 3.85. The molecule has 0 unspecified atom stereocenters. The fourth-order valence-corrected chi connectivity index (χ4v) is 2.72. The average Bonchev–Trinajstić information content (AvgIpc) is 2.96. The molecule has 106 valence electrons. The number of hydrogen-bond donors (Lipinski definition) is 1. The Bertz CT molecular complexity index is 358. The van der Waals surface area contributed by atoms with Crippen LogP contribution in [0.2, 0.25) is 0 Å². The number of benzene rings is 1. The van der Waals surface area contributed by atoms with Crippen molar-refractivity contribution in [3.63, 3.8) is 0 Å². The first-order valence-electron chi connectivity index (χ1n) is 7.38. The fraction of sp³-hybridized carbons (Fsp3) is 0.625. The molecule has 19 heavy (non-hydrogen) atoms. The van der Waals surface area contributed by atoms with Crippen molar-refractivity contribution in [2.45, 2.75) is 38.1 Å². The Morgan fingerprint density at radius 1 is 1.21 bits per heavy atom. The molecule has 0 aromatic heterocycles. The topological polar surface area (TPSA) is 24.5 Å². The van der Waals surface area contributed by atoms with Gasteiger partial charge in [0, 0.05) is 25.3 Å². The number of anilines is 1. The van der Waals surface area contributed by atoms with Crippen LogP contribution in [0.5, 0.6) is 5.75 Å². The maximum absolute atomic E-state index is 5.18. The molecular weight excluding hydrogens is 236 g/mol. The molecule has 0 amide bonds. The highest BCUT2D eigenvalue weighted by molar-refractivity contribution is 5.48. The SMILES string of the molecule is COc1ccc(N(C)CCCNC2CCCC2)cc1. The molecule has 1 fully saturated rings. The second-order valence-corrected chi connectivity index (χ2v) is 5.41. The first kappa shape index (κ1) is 14.2. The molecule has 0 spiro atoms. The van der Waals surface area contributed by atoms with E-state index >= 15 is 0 Å². The number of methoxy groups -OCH3 is 1. The second kappa shape index (κ2) is 7.39. The van der Waals surface area contributed by atoms with E-state index in [1.54, 1.807) is 7.11 Å². The van der Waals surface area contributed by atoms with Crippen LogP contribution in [0.1, 0.15) is 32.1 Å². The molecule has 0 heterocycles. The van der Waals surface area contributed by atoms with Gasteiger partial charge in [0.2, 0.25) is 0 Å². The highest BCUT2D eigenvalue weighted by Crippen LogP contribution is 2.19. The minimum absolute atomic E-state index is 0.784. The first-order chi connectivity index (χ1) is 9.29. The smallest absolute Gasteiger partial charge is 0.119 e. The van der Waals surface area contributed by atoms with Crippen LogP contribution in [-0.2, 0) is 0 Å². The van der Waals surface area contributed by atoms with Crippen LogP contribution in [0, 0.1) is 0 Å². The second-order valence-electron chi connectivity index (χ2n) is 5.41. The maximum Gasteiger partial charge on any atom is 0.119 e. The van der Waals surface area contributed by atoms with Crippen molar-refractivity contribution in [2.24, 2.45) is 0 Å². The third kappa shape index (κ3) is 4.43. The van der Waals surface area contributed by atoms with Crippen molar-refractivity contribution in [1.82, 2.24) is 5.32 Å². The van der Waals surface area contributed by atoms with Gasteiger partial charge < -0.3 is 15.0 Å². The van der Waals surface area contributed by atoms with Gasteiger partial charge in [0.05, 0.1) is 7.11 Å². The van der Waals surface area contributed by atoms with Gasteiger partial charge in [-0.05, 0) is 50.1 Å². The Morgan fingerprint density at radius 2 is 1.89 bits per heavy atom. The van der Waals surface area contributed by atoms with Crippen LogP contribution in [-0.4, -0.2) is 33.3 Å². The molecule has 0 aliphatic heterocycles. The predicted molar refractivity (Wildman–Crippen MR) is 81.1 cm³/mol. The lowest BCUT2D eigenvalue weighted by Gasteiger charge is -2.20. The molecule has 1 saturated carbocycles. The molecule has 0 saturated heterocycles. The normalized spacial score (nSPS) is 15.7. The molecule has 2 rings (SSSR count). The molecular formula is C16H26N2O. The van der Waals surface area contributed by atoms with E-state index in [4.69, 9.17) is 4.74 Å². The quantitative estimate of drug-likeness (QED) is 0.764. The minimum atomic E-state index is 0.784. The first-order valence-corrected chi connectivity index (χ1v) is 7.38. The molecule has 1 N–H and O–H groups in total. The number of nitrogens with one attached hydrogen (secondary N) is 1. The van der Waals surface area contributed by atoms with Crippen LogP contribution >= 0.6 is 0 Å². The number of rotatable bonds is 7. The van der Waals surface area contributed by atoms with E-state index in [0.717, 1.165) is 24.9 Å². The predicted octanol–water partition coefficient (Wildman–Crippen LogP) is 3.05. The van der Waals surface area contributed by atoms with Crippen LogP contribution in [0.3, 0.4) is 0 Å². The minimum Gasteiger partial charge on any atom is -0.497 e. The molecule has 1 aliphatic carbocycles. The number of hydrogen-bond acceptors (Lipinski definition) is 3. The summed E-state index contributed by atoms with van der Waals surface area (Å²) < 4.78 is 5.18. The Morgan fingerprint density at radius 3 is 2.53 bits per heavy atom. The van der Waals surface area contributed by atoms with Gasteiger partial charge in [-0.1, -0.05) is 12.8 Å². The molecule has 1 aliphatic rings. The Labute approximate surface area is 116 Å². The summed E-state index contributed by atoms with van der Waals surface area (Å²) in [6, 6.07) is 9.05. The largest absolute Gasteiger partial charge is 0.497 e. The van der Waals surface area contributed by atoms with Gasteiger partial charge in [-0.25, -0.2) is 0 Å². The van der Waals surface area contributed by atoms with E-state index in [0.29, 0.717) is 0 Å². The standard InChI is InChI=1S/C16H26N2O/c1-18(15-8-10-16(19-2)11-9-15)13-5-12-17-14-6-3-4-7-14/h8-11,14,17H,3-7,12-13H2,1-2H3. The third-order valence-corrected chi connectivity index (χ3v) is 3.97. The summed E-state index contributed by atoms with van der Waals surface area (Å²) in [5.41, 5.74) is 1.25. The summed E-state index contributed by atoms with van der Waals surface area (Å²) in [6.07, 6.45) is 6.74. The zero-order chi connectivity index (χ0) is 13.5. The molecule has 0 atom stereocenters. The molecule has 3 nitrogen and oxygen atoms in total. The summed E-state index contributed by atoms with van der Waals surface area (Å²) >= 11 is 0. The van der Waals surface area contributed by atoms with Gasteiger partial charge in [0.25, 0.3) is 0 Å². The van der Waals surface area contributed by atoms with Crippen LogP contribution < -0.4 is 15.0 Å².